The lowest BCUT2D eigenvalue weighted by Gasteiger charge is -2.08. The van der Waals surface area contributed by atoms with Crippen molar-refractivity contribution < 1.29 is 0 Å². The Balaban J connectivity index is 2.38. The molecule has 0 bridgehead atoms. The summed E-state index contributed by atoms with van der Waals surface area (Å²) in [6, 6.07) is 8.47. The van der Waals surface area contributed by atoms with E-state index in [2.05, 4.69) is 0 Å². The van der Waals surface area contributed by atoms with Crippen LogP contribution in [0.1, 0.15) is 5.56 Å². The van der Waals surface area contributed by atoms with E-state index in [-0.39, 0.29) is 11.2 Å². The first kappa shape index (κ1) is 12.0. The van der Waals surface area contributed by atoms with Gasteiger partial charge in [0.2, 0.25) is 0 Å². The standard InChI is InChI=1S/C12H10Cl2N2O/c13-9-4-3-8(10(14)6-9)7-16-5-1-2-11(15)12(16)17/h1-6H,7,15H2. The number of nitrogen functional groups attached to an aromatic ring is 1. The summed E-state index contributed by atoms with van der Waals surface area (Å²) in [5.41, 5.74) is 6.37. The van der Waals surface area contributed by atoms with E-state index in [9.17, 15) is 4.79 Å². The maximum atomic E-state index is 11.7. The summed E-state index contributed by atoms with van der Waals surface area (Å²) in [5, 5.41) is 1.10. The molecule has 0 saturated carbocycles. The predicted molar refractivity (Wildman–Crippen MR) is 70.7 cm³/mol. The Labute approximate surface area is 108 Å². The van der Waals surface area contributed by atoms with E-state index in [0.717, 1.165) is 5.56 Å². The van der Waals surface area contributed by atoms with Gasteiger partial charge in [-0.2, -0.15) is 0 Å². The molecular weight excluding hydrogens is 259 g/mol. The normalized spacial score (nSPS) is 10.5. The molecule has 0 aliphatic heterocycles. The summed E-state index contributed by atoms with van der Waals surface area (Å²) >= 11 is 11.8. The van der Waals surface area contributed by atoms with Crippen LogP contribution in [0.3, 0.4) is 0 Å². The summed E-state index contributed by atoms with van der Waals surface area (Å²) in [5.74, 6) is 0. The molecule has 88 valence electrons. The highest BCUT2D eigenvalue weighted by Gasteiger charge is 2.04. The van der Waals surface area contributed by atoms with Gasteiger partial charge in [-0.1, -0.05) is 29.3 Å². The molecule has 0 fully saturated rings. The Morgan fingerprint density at radius 1 is 1.24 bits per heavy atom. The Kier molecular flexibility index (Phi) is 3.41. The minimum absolute atomic E-state index is 0.220. The topological polar surface area (TPSA) is 48.0 Å². The first-order chi connectivity index (χ1) is 8.08. The number of nitrogens with zero attached hydrogens (tertiary/aromatic N) is 1. The zero-order chi connectivity index (χ0) is 12.4. The average molecular weight is 269 g/mol. The van der Waals surface area contributed by atoms with Gasteiger partial charge in [0.05, 0.1) is 12.2 Å². The molecule has 2 rings (SSSR count). The summed E-state index contributed by atoms with van der Waals surface area (Å²) in [6.07, 6.45) is 1.67. The van der Waals surface area contributed by atoms with Gasteiger partial charge >= 0.3 is 0 Å². The predicted octanol–water partition coefficient (Wildman–Crippen LogP) is 2.79. The molecule has 1 aromatic carbocycles. The molecule has 0 amide bonds. The fourth-order valence-corrected chi connectivity index (χ4v) is 1.98. The second-order valence-corrected chi connectivity index (χ2v) is 4.48. The van der Waals surface area contributed by atoms with E-state index in [4.69, 9.17) is 28.9 Å². The van der Waals surface area contributed by atoms with Crippen LogP contribution in [0.25, 0.3) is 0 Å². The quantitative estimate of drug-likeness (QED) is 0.911. The first-order valence-electron chi connectivity index (χ1n) is 4.97. The molecule has 0 radical (unpaired) electrons. The van der Waals surface area contributed by atoms with E-state index in [0.29, 0.717) is 16.6 Å². The van der Waals surface area contributed by atoms with Crippen molar-refractivity contribution in [2.45, 2.75) is 6.54 Å². The third-order valence-electron chi connectivity index (χ3n) is 2.41. The number of anilines is 1. The molecule has 0 aliphatic rings. The van der Waals surface area contributed by atoms with Crippen molar-refractivity contribution >= 4 is 28.9 Å². The van der Waals surface area contributed by atoms with Crippen molar-refractivity contribution in [3.05, 3.63) is 62.5 Å². The van der Waals surface area contributed by atoms with Crippen molar-refractivity contribution in [3.8, 4) is 0 Å². The van der Waals surface area contributed by atoms with Gasteiger partial charge in [-0.15, -0.1) is 0 Å². The smallest absolute Gasteiger partial charge is 0.273 e. The molecule has 3 nitrogen and oxygen atoms in total. The van der Waals surface area contributed by atoms with Gasteiger partial charge < -0.3 is 10.3 Å². The van der Waals surface area contributed by atoms with E-state index in [1.54, 1.807) is 36.5 Å². The number of hydrogen-bond donors (Lipinski definition) is 1. The molecule has 1 aromatic heterocycles. The molecule has 0 saturated heterocycles. The van der Waals surface area contributed by atoms with Gasteiger partial charge in [-0.25, -0.2) is 0 Å². The number of hydrogen-bond acceptors (Lipinski definition) is 2. The van der Waals surface area contributed by atoms with Crippen molar-refractivity contribution in [3.63, 3.8) is 0 Å². The van der Waals surface area contributed by atoms with Crippen LogP contribution in [0.5, 0.6) is 0 Å². The Morgan fingerprint density at radius 2 is 2.00 bits per heavy atom. The molecule has 0 spiro atoms. The molecule has 0 atom stereocenters. The van der Waals surface area contributed by atoms with Crippen LogP contribution < -0.4 is 11.3 Å². The Morgan fingerprint density at radius 3 is 2.71 bits per heavy atom. The first-order valence-corrected chi connectivity index (χ1v) is 5.72. The van der Waals surface area contributed by atoms with Gasteiger partial charge in [0, 0.05) is 16.2 Å². The van der Waals surface area contributed by atoms with Crippen LogP contribution in [-0.2, 0) is 6.54 Å². The number of benzene rings is 1. The van der Waals surface area contributed by atoms with Gasteiger partial charge in [0.1, 0.15) is 0 Å². The highest BCUT2D eigenvalue weighted by molar-refractivity contribution is 6.35. The van der Waals surface area contributed by atoms with E-state index in [1.165, 1.54) is 4.57 Å². The summed E-state index contributed by atoms with van der Waals surface area (Å²) < 4.78 is 1.50. The molecule has 17 heavy (non-hydrogen) atoms. The maximum Gasteiger partial charge on any atom is 0.273 e. The van der Waals surface area contributed by atoms with E-state index in [1.807, 2.05) is 0 Å². The fourth-order valence-electron chi connectivity index (χ4n) is 1.51. The van der Waals surface area contributed by atoms with Crippen molar-refractivity contribution in [1.82, 2.24) is 4.57 Å². The summed E-state index contributed by atoms with van der Waals surface area (Å²) in [7, 11) is 0. The molecule has 0 unspecified atom stereocenters. The number of aromatic nitrogens is 1. The zero-order valence-electron chi connectivity index (χ0n) is 8.86. The molecule has 0 aliphatic carbocycles. The van der Waals surface area contributed by atoms with Crippen LogP contribution in [-0.4, -0.2) is 4.57 Å². The van der Waals surface area contributed by atoms with Gasteiger partial charge in [-0.05, 0) is 29.8 Å². The second kappa shape index (κ2) is 4.82. The zero-order valence-corrected chi connectivity index (χ0v) is 10.4. The third-order valence-corrected chi connectivity index (χ3v) is 2.99. The van der Waals surface area contributed by atoms with Crippen molar-refractivity contribution in [1.29, 1.82) is 0 Å². The van der Waals surface area contributed by atoms with Gasteiger partial charge in [-0.3, -0.25) is 4.79 Å². The Bertz CT molecular complexity index is 608. The van der Waals surface area contributed by atoms with Gasteiger partial charge in [0.25, 0.3) is 5.56 Å². The number of rotatable bonds is 2. The van der Waals surface area contributed by atoms with E-state index >= 15 is 0 Å². The molecular formula is C12H10Cl2N2O. The Hall–Kier alpha value is -1.45. The van der Waals surface area contributed by atoms with Crippen LogP contribution in [0.2, 0.25) is 10.0 Å². The minimum Gasteiger partial charge on any atom is -0.394 e. The fraction of sp³-hybridized carbons (Fsp3) is 0.0833. The third kappa shape index (κ3) is 2.62. The lowest BCUT2D eigenvalue weighted by Crippen LogP contribution is -2.22. The number of pyridine rings is 1. The highest BCUT2D eigenvalue weighted by atomic mass is 35.5. The van der Waals surface area contributed by atoms with Crippen molar-refractivity contribution in [2.75, 3.05) is 5.73 Å². The largest absolute Gasteiger partial charge is 0.394 e. The second-order valence-electron chi connectivity index (χ2n) is 3.63. The summed E-state index contributed by atoms with van der Waals surface area (Å²) in [6.45, 7) is 0.375. The average Bonchev–Trinajstić information content (AvgIpc) is 2.28. The monoisotopic (exact) mass is 268 g/mol. The maximum absolute atomic E-state index is 11.7. The molecule has 2 aromatic rings. The van der Waals surface area contributed by atoms with Crippen LogP contribution in [0, 0.1) is 0 Å². The summed E-state index contributed by atoms with van der Waals surface area (Å²) in [4.78, 5) is 11.7. The SMILES string of the molecule is Nc1cccn(Cc2ccc(Cl)cc2Cl)c1=O. The number of nitrogens with two attached hydrogens (primary N) is 1. The lowest BCUT2D eigenvalue weighted by atomic mass is 10.2. The minimum atomic E-state index is -0.224. The molecule has 1 heterocycles. The van der Waals surface area contributed by atoms with Crippen LogP contribution in [0.15, 0.2) is 41.3 Å². The highest BCUT2D eigenvalue weighted by Crippen LogP contribution is 2.21. The van der Waals surface area contributed by atoms with Crippen LogP contribution in [0.4, 0.5) is 5.69 Å². The molecule has 2 N–H and O–H groups in total. The van der Waals surface area contributed by atoms with Crippen molar-refractivity contribution in [2.24, 2.45) is 0 Å². The molecule has 5 heteroatoms. The van der Waals surface area contributed by atoms with E-state index < -0.39 is 0 Å². The number of halogens is 2. The van der Waals surface area contributed by atoms with Crippen LogP contribution >= 0.6 is 23.2 Å². The van der Waals surface area contributed by atoms with Gasteiger partial charge in [0.15, 0.2) is 0 Å². The lowest BCUT2D eigenvalue weighted by molar-refractivity contribution is 0.762.